The summed E-state index contributed by atoms with van der Waals surface area (Å²) in [4.78, 5) is 10.6. The number of aliphatic hydroxyl groups is 1. The Bertz CT molecular complexity index is 379. The zero-order valence-electron chi connectivity index (χ0n) is 8.47. The van der Waals surface area contributed by atoms with Gasteiger partial charge in [-0.05, 0) is 13.3 Å². The summed E-state index contributed by atoms with van der Waals surface area (Å²) in [6.07, 6.45) is -3.44. The summed E-state index contributed by atoms with van der Waals surface area (Å²) in [7, 11) is 0. The van der Waals surface area contributed by atoms with Gasteiger partial charge in [-0.15, -0.1) is 5.10 Å². The second kappa shape index (κ2) is 4.97. The van der Waals surface area contributed by atoms with Crippen molar-refractivity contribution in [3.63, 3.8) is 0 Å². The molecule has 1 heterocycles. The lowest BCUT2D eigenvalue weighted by Crippen LogP contribution is -2.12. The Morgan fingerprint density at radius 2 is 2.19 bits per heavy atom. The monoisotopic (exact) mass is 235 g/mol. The second-order valence-corrected chi connectivity index (χ2v) is 3.29. The van der Waals surface area contributed by atoms with E-state index in [0.29, 0.717) is 0 Å². The second-order valence-electron chi connectivity index (χ2n) is 3.29. The fraction of sp³-hybridized carbons (Fsp3) is 0.625. The fourth-order valence-corrected chi connectivity index (χ4v) is 1.16. The molecule has 8 heteroatoms. The molecule has 0 spiro atoms. The van der Waals surface area contributed by atoms with E-state index in [1.54, 1.807) is 0 Å². The molecule has 0 fully saturated rings. The quantitative estimate of drug-likeness (QED) is 0.783. The smallest absolute Gasteiger partial charge is 0.358 e. The predicted molar refractivity (Wildman–Crippen MR) is 48.2 cm³/mol. The Kier molecular flexibility index (Phi) is 3.88. The molecule has 0 amide bonds. The van der Waals surface area contributed by atoms with E-state index in [9.17, 15) is 13.6 Å². The highest BCUT2D eigenvalue weighted by Gasteiger charge is 2.26. The summed E-state index contributed by atoms with van der Waals surface area (Å²) in [5.74, 6) is -1.54. The molecule has 6 nitrogen and oxygen atoms in total. The number of aromatic nitrogens is 3. The van der Waals surface area contributed by atoms with Gasteiger partial charge in [0.1, 0.15) is 5.69 Å². The number of carboxylic acids is 1. The molecule has 1 rings (SSSR count). The number of rotatable bonds is 5. The van der Waals surface area contributed by atoms with E-state index in [-0.39, 0.29) is 13.0 Å². The zero-order chi connectivity index (χ0) is 12.3. The number of carbonyl (C=O) groups is 1. The minimum atomic E-state index is -2.96. The SMILES string of the molecule is CC(O)CCn1nnc(C(=O)O)c1C(F)F. The minimum Gasteiger partial charge on any atom is -0.476 e. The van der Waals surface area contributed by atoms with Gasteiger partial charge in [-0.25, -0.2) is 18.3 Å². The molecule has 0 aromatic carbocycles. The summed E-state index contributed by atoms with van der Waals surface area (Å²) in [6, 6.07) is 0. The number of aliphatic hydroxyl groups excluding tert-OH is 1. The van der Waals surface area contributed by atoms with Crippen molar-refractivity contribution >= 4 is 5.97 Å². The number of hydrogen-bond acceptors (Lipinski definition) is 4. The van der Waals surface area contributed by atoms with E-state index in [1.807, 2.05) is 0 Å². The Labute approximate surface area is 89.5 Å². The molecule has 0 radical (unpaired) electrons. The summed E-state index contributed by atoms with van der Waals surface area (Å²) in [5.41, 5.74) is -1.48. The Morgan fingerprint density at radius 3 is 2.62 bits per heavy atom. The molecule has 16 heavy (non-hydrogen) atoms. The lowest BCUT2D eigenvalue weighted by molar-refractivity contribution is 0.0675. The van der Waals surface area contributed by atoms with Gasteiger partial charge in [-0.1, -0.05) is 5.21 Å². The van der Waals surface area contributed by atoms with E-state index in [0.717, 1.165) is 4.68 Å². The molecule has 90 valence electrons. The summed E-state index contributed by atoms with van der Waals surface area (Å²) in [6.45, 7) is 1.49. The largest absolute Gasteiger partial charge is 0.476 e. The van der Waals surface area contributed by atoms with E-state index in [4.69, 9.17) is 10.2 Å². The average molecular weight is 235 g/mol. The van der Waals surface area contributed by atoms with Crippen LogP contribution in [-0.4, -0.2) is 37.3 Å². The number of alkyl halides is 2. The standard InChI is InChI=1S/C8H11F2N3O3/c1-4(14)2-3-13-6(7(9)10)5(8(15)16)11-12-13/h4,7,14H,2-3H2,1H3,(H,15,16). The van der Waals surface area contributed by atoms with Crippen LogP contribution in [0.15, 0.2) is 0 Å². The number of halogens is 2. The number of nitrogens with zero attached hydrogens (tertiary/aromatic N) is 3. The number of carboxylic acid groups (broad SMARTS) is 1. The molecular formula is C8H11F2N3O3. The van der Waals surface area contributed by atoms with Gasteiger partial charge in [0.2, 0.25) is 0 Å². The first-order chi connectivity index (χ1) is 7.43. The Morgan fingerprint density at radius 1 is 1.56 bits per heavy atom. The van der Waals surface area contributed by atoms with E-state index < -0.39 is 29.9 Å². The third kappa shape index (κ3) is 2.72. The fourth-order valence-electron chi connectivity index (χ4n) is 1.16. The third-order valence-electron chi connectivity index (χ3n) is 1.94. The van der Waals surface area contributed by atoms with Crippen molar-refractivity contribution < 1.29 is 23.8 Å². The molecule has 1 aromatic heterocycles. The lowest BCUT2D eigenvalue weighted by Gasteiger charge is -2.07. The van der Waals surface area contributed by atoms with Crippen LogP contribution in [0.5, 0.6) is 0 Å². The average Bonchev–Trinajstić information content (AvgIpc) is 2.57. The van der Waals surface area contributed by atoms with E-state index in [1.165, 1.54) is 6.92 Å². The lowest BCUT2D eigenvalue weighted by atomic mass is 10.2. The first-order valence-electron chi connectivity index (χ1n) is 4.56. The normalized spacial score (nSPS) is 13.1. The highest BCUT2D eigenvalue weighted by atomic mass is 19.3. The van der Waals surface area contributed by atoms with Crippen LogP contribution >= 0.6 is 0 Å². The summed E-state index contributed by atoms with van der Waals surface area (Å²) in [5, 5.41) is 24.1. The van der Waals surface area contributed by atoms with Gasteiger partial charge in [-0.3, -0.25) is 0 Å². The van der Waals surface area contributed by atoms with Gasteiger partial charge < -0.3 is 10.2 Å². The number of aromatic carboxylic acids is 1. The Hall–Kier alpha value is -1.57. The maximum atomic E-state index is 12.6. The molecule has 0 bridgehead atoms. The summed E-state index contributed by atoms with van der Waals surface area (Å²) >= 11 is 0. The van der Waals surface area contributed by atoms with Gasteiger partial charge in [0, 0.05) is 6.54 Å². The molecule has 0 aliphatic carbocycles. The number of aryl methyl sites for hydroxylation is 1. The molecule has 1 aromatic rings. The van der Waals surface area contributed by atoms with Gasteiger partial charge in [-0.2, -0.15) is 0 Å². The van der Waals surface area contributed by atoms with Crippen LogP contribution in [0.1, 0.15) is 36.0 Å². The Balaban J connectivity index is 2.96. The minimum absolute atomic E-state index is 0.00236. The molecular weight excluding hydrogens is 224 g/mol. The third-order valence-corrected chi connectivity index (χ3v) is 1.94. The van der Waals surface area contributed by atoms with Crippen molar-refractivity contribution in [1.82, 2.24) is 15.0 Å². The van der Waals surface area contributed by atoms with Crippen LogP contribution in [0.4, 0.5) is 8.78 Å². The molecule has 0 saturated carbocycles. The van der Waals surface area contributed by atoms with Crippen molar-refractivity contribution in [2.75, 3.05) is 0 Å². The molecule has 0 aliphatic heterocycles. The van der Waals surface area contributed by atoms with Crippen molar-refractivity contribution in [2.45, 2.75) is 32.4 Å². The highest BCUT2D eigenvalue weighted by Crippen LogP contribution is 2.21. The van der Waals surface area contributed by atoms with E-state index in [2.05, 4.69) is 10.3 Å². The van der Waals surface area contributed by atoms with E-state index >= 15 is 0 Å². The van der Waals surface area contributed by atoms with Crippen LogP contribution in [-0.2, 0) is 6.54 Å². The summed E-state index contributed by atoms with van der Waals surface area (Å²) < 4.78 is 26.0. The highest BCUT2D eigenvalue weighted by molar-refractivity contribution is 5.86. The maximum Gasteiger partial charge on any atom is 0.358 e. The zero-order valence-corrected chi connectivity index (χ0v) is 8.47. The van der Waals surface area contributed by atoms with Crippen LogP contribution < -0.4 is 0 Å². The van der Waals surface area contributed by atoms with Gasteiger partial charge in [0.15, 0.2) is 5.69 Å². The van der Waals surface area contributed by atoms with Crippen LogP contribution in [0.2, 0.25) is 0 Å². The molecule has 1 atom stereocenters. The van der Waals surface area contributed by atoms with Crippen LogP contribution in [0.3, 0.4) is 0 Å². The van der Waals surface area contributed by atoms with Crippen molar-refractivity contribution in [2.24, 2.45) is 0 Å². The van der Waals surface area contributed by atoms with Gasteiger partial charge in [0.25, 0.3) is 6.43 Å². The topological polar surface area (TPSA) is 88.2 Å². The molecule has 0 saturated heterocycles. The van der Waals surface area contributed by atoms with Gasteiger partial charge in [0.05, 0.1) is 6.10 Å². The predicted octanol–water partition coefficient (Wildman–Crippen LogP) is 0.685. The molecule has 0 aliphatic rings. The van der Waals surface area contributed by atoms with Crippen molar-refractivity contribution in [1.29, 1.82) is 0 Å². The van der Waals surface area contributed by atoms with Crippen LogP contribution in [0, 0.1) is 0 Å². The first-order valence-corrected chi connectivity index (χ1v) is 4.56. The number of hydrogen-bond donors (Lipinski definition) is 2. The molecule has 1 unspecified atom stereocenters. The van der Waals surface area contributed by atoms with Crippen molar-refractivity contribution in [3.8, 4) is 0 Å². The molecule has 2 N–H and O–H groups in total. The first kappa shape index (κ1) is 12.5. The maximum absolute atomic E-state index is 12.6. The van der Waals surface area contributed by atoms with Gasteiger partial charge >= 0.3 is 5.97 Å². The van der Waals surface area contributed by atoms with Crippen molar-refractivity contribution in [3.05, 3.63) is 11.4 Å². The van der Waals surface area contributed by atoms with Crippen LogP contribution in [0.25, 0.3) is 0 Å².